The van der Waals surface area contributed by atoms with Gasteiger partial charge in [-0.2, -0.15) is 0 Å². The number of aliphatic imine (C=N–C) groups is 1. The first kappa shape index (κ1) is 24.6. The molecule has 0 unspecified atom stereocenters. The minimum atomic E-state index is -0.341. The lowest BCUT2D eigenvalue weighted by Gasteiger charge is -2.12. The highest BCUT2D eigenvalue weighted by Crippen LogP contribution is 2.38. The lowest BCUT2D eigenvalue weighted by Crippen LogP contribution is -2.28. The molecule has 0 atom stereocenters. The lowest BCUT2D eigenvalue weighted by atomic mass is 10.2. The van der Waals surface area contributed by atoms with E-state index in [0.717, 1.165) is 5.56 Å². The second-order valence-electron chi connectivity index (χ2n) is 7.26. The van der Waals surface area contributed by atoms with E-state index in [2.05, 4.69) is 36.9 Å². The summed E-state index contributed by atoms with van der Waals surface area (Å²) in [6.45, 7) is 2.54. The van der Waals surface area contributed by atoms with Crippen molar-refractivity contribution in [1.82, 2.24) is 4.90 Å². The highest BCUT2D eigenvalue weighted by molar-refractivity contribution is 9.11. The van der Waals surface area contributed by atoms with Gasteiger partial charge in [-0.25, -0.2) is 13.8 Å². The average molecular weight is 608 g/mol. The normalized spacial score (nSPS) is 16.0. The summed E-state index contributed by atoms with van der Waals surface area (Å²) in [6.07, 6.45) is 1.79. The Morgan fingerprint density at radius 3 is 2.38 bits per heavy atom. The molecule has 0 aromatic heterocycles. The van der Waals surface area contributed by atoms with Crippen molar-refractivity contribution < 1.29 is 18.3 Å². The number of thioether (sulfide) groups is 1. The molecule has 3 aromatic rings. The number of amidine groups is 1. The zero-order chi connectivity index (χ0) is 24.2. The molecule has 174 valence electrons. The van der Waals surface area contributed by atoms with Crippen LogP contribution in [0.25, 0.3) is 6.08 Å². The molecule has 1 amide bonds. The Morgan fingerprint density at radius 2 is 1.74 bits per heavy atom. The van der Waals surface area contributed by atoms with E-state index in [9.17, 15) is 13.6 Å². The van der Waals surface area contributed by atoms with Crippen LogP contribution in [0.5, 0.6) is 5.75 Å². The first-order chi connectivity index (χ1) is 16.3. The standard InChI is InChI=1S/C25H18Br2F2N2O2S/c1-2-31-24(32)22(34-25(31)30-19-8-6-17(28)7-9-19)13-16-11-20(26)23(21(27)12-16)33-14-15-4-3-5-18(29)10-15/h3-13H,2,14H2,1H3/b22-13+,30-25?. The van der Waals surface area contributed by atoms with Crippen LogP contribution < -0.4 is 4.74 Å². The number of benzene rings is 3. The predicted molar refractivity (Wildman–Crippen MR) is 139 cm³/mol. The monoisotopic (exact) mass is 606 g/mol. The van der Waals surface area contributed by atoms with Crippen LogP contribution in [0.15, 0.2) is 79.5 Å². The number of nitrogens with zero attached hydrogens (tertiary/aromatic N) is 2. The molecular weight excluding hydrogens is 590 g/mol. The van der Waals surface area contributed by atoms with E-state index in [1.54, 1.807) is 35.2 Å². The Bertz CT molecular complexity index is 1270. The van der Waals surface area contributed by atoms with Gasteiger partial charge in [0.15, 0.2) is 5.17 Å². The van der Waals surface area contributed by atoms with Gasteiger partial charge in [0.2, 0.25) is 0 Å². The zero-order valence-electron chi connectivity index (χ0n) is 17.9. The van der Waals surface area contributed by atoms with E-state index in [1.807, 2.05) is 19.1 Å². The Morgan fingerprint density at radius 1 is 1.03 bits per heavy atom. The van der Waals surface area contributed by atoms with Crippen molar-refractivity contribution in [3.05, 3.63) is 97.3 Å². The summed E-state index contributed by atoms with van der Waals surface area (Å²) in [5.41, 5.74) is 2.07. The number of amides is 1. The summed E-state index contributed by atoms with van der Waals surface area (Å²) in [5.74, 6) is -0.229. The molecule has 0 N–H and O–H groups in total. The van der Waals surface area contributed by atoms with Crippen LogP contribution in [-0.2, 0) is 11.4 Å². The quantitative estimate of drug-likeness (QED) is 0.270. The van der Waals surface area contributed by atoms with Crippen molar-refractivity contribution in [3.8, 4) is 5.75 Å². The number of halogens is 4. The zero-order valence-corrected chi connectivity index (χ0v) is 21.9. The van der Waals surface area contributed by atoms with Crippen molar-refractivity contribution in [3.63, 3.8) is 0 Å². The van der Waals surface area contributed by atoms with Crippen LogP contribution in [0.2, 0.25) is 0 Å². The van der Waals surface area contributed by atoms with E-state index in [-0.39, 0.29) is 24.1 Å². The van der Waals surface area contributed by atoms with Crippen molar-refractivity contribution >= 4 is 66.5 Å². The topological polar surface area (TPSA) is 41.9 Å². The van der Waals surface area contributed by atoms with Gasteiger partial charge in [0.05, 0.1) is 19.5 Å². The van der Waals surface area contributed by atoms with E-state index < -0.39 is 0 Å². The molecule has 4 nitrogen and oxygen atoms in total. The predicted octanol–water partition coefficient (Wildman–Crippen LogP) is 7.69. The molecule has 9 heteroatoms. The number of carbonyl (C=O) groups is 1. The lowest BCUT2D eigenvalue weighted by molar-refractivity contribution is -0.122. The van der Waals surface area contributed by atoms with Gasteiger partial charge in [0.1, 0.15) is 24.0 Å². The Hall–Kier alpha value is -2.49. The van der Waals surface area contributed by atoms with Crippen LogP contribution in [0.3, 0.4) is 0 Å². The van der Waals surface area contributed by atoms with Gasteiger partial charge in [0.25, 0.3) is 5.91 Å². The fourth-order valence-electron chi connectivity index (χ4n) is 3.23. The van der Waals surface area contributed by atoms with Crippen LogP contribution in [0, 0.1) is 11.6 Å². The molecule has 1 aliphatic heterocycles. The number of ether oxygens (including phenoxy) is 1. The van der Waals surface area contributed by atoms with Gasteiger partial charge >= 0.3 is 0 Å². The molecule has 0 spiro atoms. The van der Waals surface area contributed by atoms with Crippen LogP contribution in [0.1, 0.15) is 18.1 Å². The first-order valence-corrected chi connectivity index (χ1v) is 12.7. The molecule has 0 radical (unpaired) electrons. The molecule has 0 saturated carbocycles. The summed E-state index contributed by atoms with van der Waals surface area (Å²) < 4.78 is 33.9. The maximum Gasteiger partial charge on any atom is 0.266 e. The number of carbonyl (C=O) groups excluding carboxylic acids is 1. The second-order valence-corrected chi connectivity index (χ2v) is 9.98. The molecule has 1 heterocycles. The number of hydrogen-bond acceptors (Lipinski definition) is 4. The van der Waals surface area contributed by atoms with E-state index in [4.69, 9.17) is 4.74 Å². The van der Waals surface area contributed by atoms with Gasteiger partial charge in [-0.05, 0) is 116 Å². The molecule has 3 aromatic carbocycles. The maximum atomic E-state index is 13.4. The third-order valence-electron chi connectivity index (χ3n) is 4.85. The van der Waals surface area contributed by atoms with Crippen LogP contribution in [-0.4, -0.2) is 22.5 Å². The third-order valence-corrected chi connectivity index (χ3v) is 7.03. The van der Waals surface area contributed by atoms with Crippen molar-refractivity contribution in [2.75, 3.05) is 6.54 Å². The smallest absolute Gasteiger partial charge is 0.266 e. The van der Waals surface area contributed by atoms with E-state index in [0.29, 0.717) is 42.6 Å². The Balaban J connectivity index is 1.55. The van der Waals surface area contributed by atoms with Gasteiger partial charge in [-0.3, -0.25) is 9.69 Å². The largest absolute Gasteiger partial charge is 0.487 e. The van der Waals surface area contributed by atoms with Crippen LogP contribution >= 0.6 is 43.6 Å². The molecule has 1 fully saturated rings. The fourth-order valence-corrected chi connectivity index (χ4v) is 5.74. The molecule has 1 aliphatic rings. The second kappa shape index (κ2) is 10.8. The van der Waals surface area contributed by atoms with E-state index in [1.165, 1.54) is 36.0 Å². The van der Waals surface area contributed by atoms with Gasteiger partial charge < -0.3 is 4.74 Å². The third kappa shape index (κ3) is 5.76. The molecule has 0 bridgehead atoms. The summed E-state index contributed by atoms with van der Waals surface area (Å²) in [6, 6.07) is 15.7. The van der Waals surface area contributed by atoms with Crippen molar-refractivity contribution in [1.29, 1.82) is 0 Å². The summed E-state index contributed by atoms with van der Waals surface area (Å²) in [7, 11) is 0. The average Bonchev–Trinajstić information content (AvgIpc) is 3.08. The van der Waals surface area contributed by atoms with E-state index >= 15 is 0 Å². The van der Waals surface area contributed by atoms with Crippen molar-refractivity contribution in [2.24, 2.45) is 4.99 Å². The summed E-state index contributed by atoms with van der Waals surface area (Å²) in [4.78, 5) is 19.6. The van der Waals surface area contributed by atoms with Gasteiger partial charge in [-0.1, -0.05) is 12.1 Å². The summed E-state index contributed by atoms with van der Waals surface area (Å²) >= 11 is 8.31. The molecular formula is C25H18Br2F2N2O2S. The van der Waals surface area contributed by atoms with Gasteiger partial charge in [0, 0.05) is 6.54 Å². The van der Waals surface area contributed by atoms with Crippen molar-refractivity contribution in [2.45, 2.75) is 13.5 Å². The number of likely N-dealkylation sites (N-methyl/N-ethyl adjacent to an activating group) is 1. The van der Waals surface area contributed by atoms with Crippen LogP contribution in [0.4, 0.5) is 14.5 Å². The molecule has 1 saturated heterocycles. The Labute approximate surface area is 217 Å². The highest BCUT2D eigenvalue weighted by atomic mass is 79.9. The Kier molecular flexibility index (Phi) is 7.85. The van der Waals surface area contributed by atoms with Gasteiger partial charge in [-0.15, -0.1) is 0 Å². The SMILES string of the molecule is CCN1C(=O)/C(=C\c2cc(Br)c(OCc3cccc(F)c3)c(Br)c2)SC1=Nc1ccc(F)cc1. The maximum absolute atomic E-state index is 13.4. The molecule has 4 rings (SSSR count). The molecule has 0 aliphatic carbocycles. The first-order valence-electron chi connectivity index (χ1n) is 10.3. The number of hydrogen-bond donors (Lipinski definition) is 0. The number of rotatable bonds is 6. The summed E-state index contributed by atoms with van der Waals surface area (Å²) in [5, 5.41) is 0.540. The highest BCUT2D eigenvalue weighted by Gasteiger charge is 2.32. The molecule has 34 heavy (non-hydrogen) atoms. The fraction of sp³-hybridized carbons (Fsp3) is 0.120. The minimum Gasteiger partial charge on any atom is -0.487 e. The minimum absolute atomic E-state index is 0.146.